The highest BCUT2D eigenvalue weighted by Crippen LogP contribution is 2.23. The van der Waals surface area contributed by atoms with E-state index in [-0.39, 0.29) is 27.0 Å². The van der Waals surface area contributed by atoms with Gasteiger partial charge in [-0.3, -0.25) is 0 Å². The monoisotopic (exact) mass is 403 g/mol. The SMILES string of the molecule is COC(=O)c1cc(CNS(=O)(=O)c2cc(Cl)cc(Cl)c2)ccc1OC. The third-order valence-electron chi connectivity index (χ3n) is 3.28. The van der Waals surface area contributed by atoms with E-state index in [0.29, 0.717) is 11.3 Å². The molecule has 2 aromatic rings. The van der Waals surface area contributed by atoms with Gasteiger partial charge in [-0.15, -0.1) is 0 Å². The molecule has 0 saturated carbocycles. The summed E-state index contributed by atoms with van der Waals surface area (Å²) in [4.78, 5) is 11.7. The van der Waals surface area contributed by atoms with Gasteiger partial charge in [0.2, 0.25) is 10.0 Å². The standard InChI is InChI=1S/C16H15Cl2NO5S/c1-23-15-4-3-10(5-14(15)16(20)24-2)9-19-25(21,22)13-7-11(17)6-12(18)8-13/h3-8,19H,9H2,1-2H3. The van der Waals surface area contributed by atoms with Gasteiger partial charge in [0.1, 0.15) is 11.3 Å². The molecule has 0 bridgehead atoms. The van der Waals surface area contributed by atoms with Crippen molar-refractivity contribution >= 4 is 39.2 Å². The molecule has 0 saturated heterocycles. The molecule has 134 valence electrons. The topological polar surface area (TPSA) is 81.7 Å². The number of carbonyl (C=O) groups is 1. The molecule has 0 aliphatic rings. The maximum absolute atomic E-state index is 12.4. The Morgan fingerprint density at radius 1 is 1.08 bits per heavy atom. The quantitative estimate of drug-likeness (QED) is 0.748. The first-order valence-electron chi connectivity index (χ1n) is 6.98. The van der Waals surface area contributed by atoms with Crippen molar-refractivity contribution in [3.05, 3.63) is 57.6 Å². The zero-order chi connectivity index (χ0) is 18.6. The normalized spacial score (nSPS) is 11.2. The second-order valence-electron chi connectivity index (χ2n) is 4.96. The Labute approximate surface area is 155 Å². The molecule has 2 aromatic carbocycles. The number of nitrogens with one attached hydrogen (secondary N) is 1. The summed E-state index contributed by atoms with van der Waals surface area (Å²) in [5.74, 6) is -0.247. The van der Waals surface area contributed by atoms with Crippen LogP contribution in [0.2, 0.25) is 10.0 Å². The van der Waals surface area contributed by atoms with E-state index in [1.807, 2.05) is 0 Å². The summed E-state index contributed by atoms with van der Waals surface area (Å²) in [5.41, 5.74) is 0.755. The van der Waals surface area contributed by atoms with Crippen molar-refractivity contribution in [3.63, 3.8) is 0 Å². The van der Waals surface area contributed by atoms with E-state index in [1.54, 1.807) is 12.1 Å². The minimum Gasteiger partial charge on any atom is -0.496 e. The highest BCUT2D eigenvalue weighted by Gasteiger charge is 2.17. The molecule has 0 radical (unpaired) electrons. The number of carbonyl (C=O) groups excluding carboxylic acids is 1. The van der Waals surface area contributed by atoms with Crippen LogP contribution in [0.15, 0.2) is 41.3 Å². The zero-order valence-corrected chi connectivity index (χ0v) is 15.7. The van der Waals surface area contributed by atoms with E-state index in [2.05, 4.69) is 9.46 Å². The van der Waals surface area contributed by atoms with Crippen molar-refractivity contribution in [1.82, 2.24) is 4.72 Å². The number of sulfonamides is 1. The molecule has 25 heavy (non-hydrogen) atoms. The van der Waals surface area contributed by atoms with Gasteiger partial charge in [-0.1, -0.05) is 29.3 Å². The van der Waals surface area contributed by atoms with Gasteiger partial charge >= 0.3 is 5.97 Å². The van der Waals surface area contributed by atoms with Gasteiger partial charge in [-0.05, 0) is 35.9 Å². The van der Waals surface area contributed by atoms with E-state index in [1.165, 1.54) is 38.5 Å². The van der Waals surface area contributed by atoms with Crippen LogP contribution in [0.25, 0.3) is 0 Å². The van der Waals surface area contributed by atoms with E-state index in [0.717, 1.165) is 0 Å². The average molecular weight is 404 g/mol. The molecule has 9 heteroatoms. The van der Waals surface area contributed by atoms with Gasteiger partial charge in [-0.2, -0.15) is 0 Å². The van der Waals surface area contributed by atoms with Crippen LogP contribution >= 0.6 is 23.2 Å². The summed E-state index contributed by atoms with van der Waals surface area (Å²) >= 11 is 11.7. The van der Waals surface area contributed by atoms with Crippen molar-refractivity contribution < 1.29 is 22.7 Å². The molecule has 0 fully saturated rings. The van der Waals surface area contributed by atoms with Crippen LogP contribution < -0.4 is 9.46 Å². The molecule has 0 spiro atoms. The molecule has 0 aromatic heterocycles. The lowest BCUT2D eigenvalue weighted by Gasteiger charge is -2.11. The largest absolute Gasteiger partial charge is 0.496 e. The number of hydrogen-bond donors (Lipinski definition) is 1. The van der Waals surface area contributed by atoms with E-state index in [4.69, 9.17) is 27.9 Å². The van der Waals surface area contributed by atoms with Crippen molar-refractivity contribution in [2.24, 2.45) is 0 Å². The van der Waals surface area contributed by atoms with Crippen LogP contribution in [0.1, 0.15) is 15.9 Å². The lowest BCUT2D eigenvalue weighted by molar-refractivity contribution is 0.0597. The number of hydrogen-bond acceptors (Lipinski definition) is 5. The fourth-order valence-electron chi connectivity index (χ4n) is 2.08. The summed E-state index contributed by atoms with van der Waals surface area (Å²) in [6.07, 6.45) is 0. The maximum Gasteiger partial charge on any atom is 0.341 e. The Bertz CT molecular complexity index is 879. The molecular weight excluding hydrogens is 389 g/mol. The summed E-state index contributed by atoms with van der Waals surface area (Å²) < 4.78 is 36.9. The summed E-state index contributed by atoms with van der Waals surface area (Å²) in [6.45, 7) is -0.0412. The van der Waals surface area contributed by atoms with Gasteiger partial charge in [0, 0.05) is 16.6 Å². The molecule has 6 nitrogen and oxygen atoms in total. The lowest BCUT2D eigenvalue weighted by atomic mass is 10.1. The third kappa shape index (κ3) is 4.85. The molecule has 0 heterocycles. The number of halogens is 2. The molecule has 0 amide bonds. The van der Waals surface area contributed by atoms with Crippen LogP contribution in [0.5, 0.6) is 5.75 Å². The Hall–Kier alpha value is -1.80. The van der Waals surface area contributed by atoms with Gasteiger partial charge in [0.15, 0.2) is 0 Å². The Morgan fingerprint density at radius 3 is 2.28 bits per heavy atom. The van der Waals surface area contributed by atoms with E-state index >= 15 is 0 Å². The molecule has 1 N–H and O–H groups in total. The average Bonchev–Trinajstić information content (AvgIpc) is 2.58. The zero-order valence-electron chi connectivity index (χ0n) is 13.4. The molecule has 0 atom stereocenters. The summed E-state index contributed by atoms with van der Waals surface area (Å²) in [5, 5.41) is 0.426. The fourth-order valence-corrected chi connectivity index (χ4v) is 3.82. The summed E-state index contributed by atoms with van der Waals surface area (Å²) in [6, 6.07) is 8.73. The van der Waals surface area contributed by atoms with Gasteiger partial charge < -0.3 is 9.47 Å². The third-order valence-corrected chi connectivity index (χ3v) is 5.10. The minimum atomic E-state index is -3.82. The molecule has 0 aliphatic heterocycles. The lowest BCUT2D eigenvalue weighted by Crippen LogP contribution is -2.23. The van der Waals surface area contributed by atoms with Crippen molar-refractivity contribution in [2.45, 2.75) is 11.4 Å². The number of esters is 1. The van der Waals surface area contributed by atoms with Crippen LogP contribution in [-0.2, 0) is 21.3 Å². The Balaban J connectivity index is 2.24. The van der Waals surface area contributed by atoms with Crippen LogP contribution in [0.4, 0.5) is 0 Å². The maximum atomic E-state index is 12.4. The summed E-state index contributed by atoms with van der Waals surface area (Å²) in [7, 11) is -1.15. The van der Waals surface area contributed by atoms with Crippen molar-refractivity contribution in [1.29, 1.82) is 0 Å². The van der Waals surface area contributed by atoms with Crippen LogP contribution in [-0.4, -0.2) is 28.6 Å². The van der Waals surface area contributed by atoms with Gasteiger partial charge in [0.05, 0.1) is 19.1 Å². The van der Waals surface area contributed by atoms with Crippen molar-refractivity contribution in [2.75, 3.05) is 14.2 Å². The van der Waals surface area contributed by atoms with Gasteiger partial charge in [0.25, 0.3) is 0 Å². The number of rotatable bonds is 6. The highest BCUT2D eigenvalue weighted by atomic mass is 35.5. The number of ether oxygens (including phenoxy) is 2. The predicted octanol–water partition coefficient (Wildman–Crippen LogP) is 3.27. The molecule has 0 unspecified atom stereocenters. The first-order valence-corrected chi connectivity index (χ1v) is 9.21. The first kappa shape index (κ1) is 19.5. The second kappa shape index (κ2) is 8.05. The van der Waals surface area contributed by atoms with E-state index in [9.17, 15) is 13.2 Å². The highest BCUT2D eigenvalue weighted by molar-refractivity contribution is 7.89. The smallest absolute Gasteiger partial charge is 0.341 e. The Morgan fingerprint density at radius 2 is 1.72 bits per heavy atom. The Kier molecular flexibility index (Phi) is 6.29. The molecule has 2 rings (SSSR count). The van der Waals surface area contributed by atoms with E-state index < -0.39 is 16.0 Å². The van der Waals surface area contributed by atoms with Crippen LogP contribution in [0, 0.1) is 0 Å². The second-order valence-corrected chi connectivity index (χ2v) is 7.60. The van der Waals surface area contributed by atoms with Gasteiger partial charge in [-0.25, -0.2) is 17.9 Å². The first-order chi connectivity index (χ1) is 11.8. The predicted molar refractivity (Wildman–Crippen MR) is 94.8 cm³/mol. The molecule has 0 aliphatic carbocycles. The number of methoxy groups -OCH3 is 2. The molecular formula is C16H15Cl2NO5S. The fraction of sp³-hybridized carbons (Fsp3) is 0.188. The number of benzene rings is 2. The minimum absolute atomic E-state index is 0.0412. The van der Waals surface area contributed by atoms with Crippen LogP contribution in [0.3, 0.4) is 0 Å². The van der Waals surface area contributed by atoms with Crippen molar-refractivity contribution in [3.8, 4) is 5.75 Å².